The van der Waals surface area contributed by atoms with Gasteiger partial charge in [0.2, 0.25) is 5.95 Å². The lowest BCUT2D eigenvalue weighted by molar-refractivity contribution is -0.00608. The first kappa shape index (κ1) is 13.8. The molecule has 7 heteroatoms. The number of tetrazole rings is 1. The number of morpholine rings is 1. The topological polar surface area (TPSA) is 65.3 Å². The monoisotopic (exact) mass is 281 g/mol. The molecule has 2 atom stereocenters. The van der Waals surface area contributed by atoms with Crippen molar-refractivity contribution in [3.05, 3.63) is 0 Å². The quantitative estimate of drug-likeness (QED) is 0.813. The van der Waals surface area contributed by atoms with Gasteiger partial charge in [-0.15, -0.1) is 0 Å². The van der Waals surface area contributed by atoms with Gasteiger partial charge >= 0.3 is 0 Å². The van der Waals surface area contributed by atoms with Crippen LogP contribution in [0.1, 0.15) is 26.7 Å². The molecule has 0 radical (unpaired) electrons. The summed E-state index contributed by atoms with van der Waals surface area (Å²) < 4.78 is 13.1. The van der Waals surface area contributed by atoms with Crippen LogP contribution in [0.4, 0.5) is 5.95 Å². The zero-order valence-electron chi connectivity index (χ0n) is 12.2. The largest absolute Gasteiger partial charge is 0.381 e. The Morgan fingerprint density at radius 3 is 2.55 bits per heavy atom. The van der Waals surface area contributed by atoms with Gasteiger partial charge in [0.25, 0.3) is 0 Å². The number of hydrogen-bond acceptors (Lipinski definition) is 6. The number of nitrogens with zero attached hydrogens (tertiary/aromatic N) is 5. The van der Waals surface area contributed by atoms with E-state index < -0.39 is 0 Å². The molecule has 2 unspecified atom stereocenters. The zero-order valence-corrected chi connectivity index (χ0v) is 12.2. The molecule has 1 aromatic rings. The van der Waals surface area contributed by atoms with E-state index in [0.29, 0.717) is 5.92 Å². The molecule has 1 aromatic heterocycles. The lowest BCUT2D eigenvalue weighted by Gasteiger charge is -2.35. The summed E-state index contributed by atoms with van der Waals surface area (Å²) in [7, 11) is 0. The third kappa shape index (κ3) is 3.09. The van der Waals surface area contributed by atoms with Gasteiger partial charge < -0.3 is 14.4 Å². The fourth-order valence-electron chi connectivity index (χ4n) is 3.06. The van der Waals surface area contributed by atoms with E-state index in [-0.39, 0.29) is 12.2 Å². The van der Waals surface area contributed by atoms with Crippen LogP contribution in [-0.2, 0) is 16.0 Å². The standard InChI is InChI=1S/C13H23N5O2/c1-10-7-17(8-11(2)20-10)13-14-15-16-18(13)9-12-3-5-19-6-4-12/h10-12H,3-9H2,1-2H3. The minimum Gasteiger partial charge on any atom is -0.381 e. The molecule has 0 bridgehead atoms. The maximum atomic E-state index is 5.77. The van der Waals surface area contributed by atoms with Gasteiger partial charge in [-0.05, 0) is 43.0 Å². The molecule has 0 spiro atoms. The van der Waals surface area contributed by atoms with Gasteiger partial charge in [0.05, 0.1) is 12.2 Å². The predicted molar refractivity (Wildman–Crippen MR) is 73.6 cm³/mol. The predicted octanol–water partition coefficient (Wildman–Crippen LogP) is 0.713. The average Bonchev–Trinajstić information content (AvgIpc) is 2.87. The van der Waals surface area contributed by atoms with E-state index >= 15 is 0 Å². The number of ether oxygens (including phenoxy) is 2. The molecule has 0 saturated carbocycles. The maximum absolute atomic E-state index is 5.77. The molecule has 0 amide bonds. The van der Waals surface area contributed by atoms with Crippen molar-refractivity contribution < 1.29 is 9.47 Å². The lowest BCUT2D eigenvalue weighted by Crippen LogP contribution is -2.46. The Morgan fingerprint density at radius 2 is 1.85 bits per heavy atom. The molecular formula is C13H23N5O2. The van der Waals surface area contributed by atoms with Gasteiger partial charge in [-0.25, -0.2) is 4.68 Å². The van der Waals surface area contributed by atoms with Gasteiger partial charge in [-0.2, -0.15) is 0 Å². The van der Waals surface area contributed by atoms with Crippen LogP contribution in [0.15, 0.2) is 0 Å². The molecule has 112 valence electrons. The molecule has 2 aliphatic rings. The summed E-state index contributed by atoms with van der Waals surface area (Å²) >= 11 is 0. The number of rotatable bonds is 3. The summed E-state index contributed by atoms with van der Waals surface area (Å²) in [6.45, 7) is 8.47. The van der Waals surface area contributed by atoms with E-state index in [0.717, 1.165) is 51.6 Å². The third-order valence-corrected chi connectivity index (χ3v) is 3.99. The van der Waals surface area contributed by atoms with Crippen molar-refractivity contribution in [2.45, 2.75) is 45.4 Å². The molecule has 0 aliphatic carbocycles. The minimum atomic E-state index is 0.215. The van der Waals surface area contributed by atoms with Crippen molar-refractivity contribution in [1.29, 1.82) is 0 Å². The average molecular weight is 281 g/mol. The first-order valence-electron chi connectivity index (χ1n) is 7.46. The highest BCUT2D eigenvalue weighted by molar-refractivity contribution is 5.29. The van der Waals surface area contributed by atoms with E-state index in [2.05, 4.69) is 34.3 Å². The SMILES string of the molecule is CC1CN(c2nnnn2CC2CCOCC2)CC(C)O1. The van der Waals surface area contributed by atoms with Gasteiger partial charge in [0.15, 0.2) is 0 Å². The van der Waals surface area contributed by atoms with Crippen molar-refractivity contribution in [2.75, 3.05) is 31.2 Å². The van der Waals surface area contributed by atoms with E-state index in [1.807, 2.05) is 4.68 Å². The smallest absolute Gasteiger partial charge is 0.245 e. The number of aromatic nitrogens is 4. The molecule has 20 heavy (non-hydrogen) atoms. The Bertz CT molecular complexity index is 422. The lowest BCUT2D eigenvalue weighted by atomic mass is 10.0. The van der Waals surface area contributed by atoms with Crippen molar-refractivity contribution >= 4 is 5.95 Å². The van der Waals surface area contributed by atoms with Gasteiger partial charge in [-0.3, -0.25) is 0 Å². The summed E-state index contributed by atoms with van der Waals surface area (Å²) in [5.41, 5.74) is 0. The fourth-order valence-corrected chi connectivity index (χ4v) is 3.06. The Labute approximate surface area is 119 Å². The van der Waals surface area contributed by atoms with Crippen molar-refractivity contribution in [2.24, 2.45) is 5.92 Å². The van der Waals surface area contributed by atoms with Gasteiger partial charge in [0.1, 0.15) is 0 Å². The number of anilines is 1. The van der Waals surface area contributed by atoms with Gasteiger partial charge in [0, 0.05) is 32.8 Å². The Hall–Kier alpha value is -1.21. The van der Waals surface area contributed by atoms with Crippen LogP contribution in [0, 0.1) is 5.92 Å². The normalized spacial score (nSPS) is 28.8. The molecule has 7 nitrogen and oxygen atoms in total. The summed E-state index contributed by atoms with van der Waals surface area (Å²) in [6.07, 6.45) is 2.61. The van der Waals surface area contributed by atoms with Crippen LogP contribution in [-0.4, -0.2) is 58.7 Å². The first-order valence-corrected chi connectivity index (χ1v) is 7.46. The van der Waals surface area contributed by atoms with E-state index in [1.54, 1.807) is 0 Å². The molecule has 2 aliphatic heterocycles. The fraction of sp³-hybridized carbons (Fsp3) is 0.923. The summed E-state index contributed by atoms with van der Waals surface area (Å²) in [5, 5.41) is 12.2. The van der Waals surface area contributed by atoms with Crippen LogP contribution in [0.25, 0.3) is 0 Å². The molecule has 0 aromatic carbocycles. The highest BCUT2D eigenvalue weighted by Gasteiger charge is 2.27. The van der Waals surface area contributed by atoms with Crippen LogP contribution >= 0.6 is 0 Å². The molecule has 2 saturated heterocycles. The van der Waals surface area contributed by atoms with Crippen molar-refractivity contribution in [1.82, 2.24) is 20.2 Å². The second kappa shape index (κ2) is 6.05. The Balaban J connectivity index is 1.69. The highest BCUT2D eigenvalue weighted by Crippen LogP contribution is 2.21. The zero-order chi connectivity index (χ0) is 13.9. The minimum absolute atomic E-state index is 0.215. The molecule has 3 rings (SSSR count). The summed E-state index contributed by atoms with van der Waals surface area (Å²) in [4.78, 5) is 2.23. The molecular weight excluding hydrogens is 258 g/mol. The summed E-state index contributed by atoms with van der Waals surface area (Å²) in [5.74, 6) is 1.49. The van der Waals surface area contributed by atoms with Crippen LogP contribution in [0.3, 0.4) is 0 Å². The van der Waals surface area contributed by atoms with Crippen LogP contribution in [0.2, 0.25) is 0 Å². The molecule has 2 fully saturated rings. The van der Waals surface area contributed by atoms with Crippen molar-refractivity contribution in [3.63, 3.8) is 0 Å². The molecule has 0 N–H and O–H groups in total. The number of hydrogen-bond donors (Lipinski definition) is 0. The van der Waals surface area contributed by atoms with E-state index in [4.69, 9.17) is 9.47 Å². The summed E-state index contributed by atoms with van der Waals surface area (Å²) in [6, 6.07) is 0. The van der Waals surface area contributed by atoms with Crippen LogP contribution < -0.4 is 4.90 Å². The van der Waals surface area contributed by atoms with Crippen molar-refractivity contribution in [3.8, 4) is 0 Å². The van der Waals surface area contributed by atoms with Crippen LogP contribution in [0.5, 0.6) is 0 Å². The van der Waals surface area contributed by atoms with E-state index in [9.17, 15) is 0 Å². The Morgan fingerprint density at radius 1 is 1.15 bits per heavy atom. The second-order valence-electron chi connectivity index (χ2n) is 5.88. The first-order chi connectivity index (χ1) is 9.72. The third-order valence-electron chi connectivity index (χ3n) is 3.99. The Kier molecular flexibility index (Phi) is 4.16. The van der Waals surface area contributed by atoms with Gasteiger partial charge in [-0.1, -0.05) is 5.10 Å². The highest BCUT2D eigenvalue weighted by atomic mass is 16.5. The molecule has 3 heterocycles. The van der Waals surface area contributed by atoms with E-state index in [1.165, 1.54) is 0 Å². The maximum Gasteiger partial charge on any atom is 0.245 e. The second-order valence-corrected chi connectivity index (χ2v) is 5.88.